The van der Waals surface area contributed by atoms with Crippen LogP contribution in [0.1, 0.15) is 35.9 Å². The summed E-state index contributed by atoms with van der Waals surface area (Å²) in [6, 6.07) is 0.192. The van der Waals surface area contributed by atoms with Gasteiger partial charge in [-0.3, -0.25) is 4.79 Å². The maximum Gasteiger partial charge on any atom is 0.265 e. The van der Waals surface area contributed by atoms with Gasteiger partial charge in [0, 0.05) is 25.2 Å². The molecule has 1 amide bonds. The highest BCUT2D eigenvalue weighted by atomic mass is 32.1. The van der Waals surface area contributed by atoms with Crippen LogP contribution in [0.2, 0.25) is 0 Å². The van der Waals surface area contributed by atoms with Crippen LogP contribution in [0.15, 0.2) is 12.7 Å². The molecule has 21 heavy (non-hydrogen) atoms. The Hall–Kier alpha value is -1.60. The summed E-state index contributed by atoms with van der Waals surface area (Å²) < 4.78 is 0. The Labute approximate surface area is 129 Å². The molecule has 2 heterocycles. The number of rotatable bonds is 5. The lowest BCUT2D eigenvalue weighted by Gasteiger charge is -2.30. The molecule has 1 aliphatic rings. The molecule has 0 radical (unpaired) electrons. The highest BCUT2D eigenvalue weighted by Crippen LogP contribution is 2.29. The van der Waals surface area contributed by atoms with Crippen LogP contribution in [-0.2, 0) is 0 Å². The fraction of sp³-hybridized carbons (Fsp3) is 0.571. The molecule has 1 saturated heterocycles. The minimum absolute atomic E-state index is 0.0309. The minimum Gasteiger partial charge on any atom is -0.382 e. The van der Waals surface area contributed by atoms with E-state index in [-0.39, 0.29) is 23.8 Å². The van der Waals surface area contributed by atoms with Crippen molar-refractivity contribution in [3.05, 3.63) is 17.5 Å². The summed E-state index contributed by atoms with van der Waals surface area (Å²) in [6.07, 6.45) is 4.57. The molecule has 0 bridgehead atoms. The van der Waals surface area contributed by atoms with Crippen LogP contribution in [0.4, 0.5) is 10.9 Å². The summed E-state index contributed by atoms with van der Waals surface area (Å²) in [4.78, 5) is 19.1. The molecule has 0 saturated carbocycles. The lowest BCUT2D eigenvalue weighted by Crippen LogP contribution is -2.42. The number of nitrogens with zero attached hydrogens (tertiary/aromatic N) is 2. The van der Waals surface area contributed by atoms with Crippen molar-refractivity contribution in [2.75, 3.05) is 23.7 Å². The zero-order valence-corrected chi connectivity index (χ0v) is 13.2. The van der Waals surface area contributed by atoms with Crippen LogP contribution >= 0.6 is 11.3 Å². The third-order valence-electron chi connectivity index (χ3n) is 3.47. The first-order chi connectivity index (χ1) is 10.0. The SMILES string of the molecule is C=CCC(C)NC(=O)c1sc(N2CCCC(N)C2)nc1N. The molecule has 5 N–H and O–H groups in total. The number of carbonyl (C=O) groups excluding carboxylic acids is 1. The van der Waals surface area contributed by atoms with E-state index >= 15 is 0 Å². The van der Waals surface area contributed by atoms with Gasteiger partial charge in [0.25, 0.3) is 5.91 Å². The first-order valence-corrected chi connectivity index (χ1v) is 8.01. The van der Waals surface area contributed by atoms with Crippen LogP contribution in [0.3, 0.4) is 0 Å². The zero-order valence-electron chi connectivity index (χ0n) is 12.3. The molecule has 1 aromatic heterocycles. The molecule has 0 spiro atoms. The van der Waals surface area contributed by atoms with Crippen molar-refractivity contribution in [1.29, 1.82) is 0 Å². The number of hydrogen-bond donors (Lipinski definition) is 3. The summed E-state index contributed by atoms with van der Waals surface area (Å²) in [6.45, 7) is 7.27. The maximum absolute atomic E-state index is 12.2. The number of thiazole rings is 1. The van der Waals surface area contributed by atoms with Crippen molar-refractivity contribution < 1.29 is 4.79 Å². The smallest absolute Gasteiger partial charge is 0.265 e. The summed E-state index contributed by atoms with van der Waals surface area (Å²) in [5.74, 6) is 0.115. The molecular formula is C14H23N5OS. The first kappa shape index (κ1) is 15.8. The molecule has 1 aliphatic heterocycles. The van der Waals surface area contributed by atoms with Crippen molar-refractivity contribution in [3.63, 3.8) is 0 Å². The molecular weight excluding hydrogens is 286 g/mol. The van der Waals surface area contributed by atoms with Gasteiger partial charge < -0.3 is 21.7 Å². The number of carbonyl (C=O) groups is 1. The summed E-state index contributed by atoms with van der Waals surface area (Å²) in [5, 5.41) is 3.68. The van der Waals surface area contributed by atoms with Crippen molar-refractivity contribution in [3.8, 4) is 0 Å². The quantitative estimate of drug-likeness (QED) is 0.713. The van der Waals surface area contributed by atoms with Gasteiger partial charge in [0.05, 0.1) is 0 Å². The Kier molecular flexibility index (Phi) is 5.19. The van der Waals surface area contributed by atoms with Crippen LogP contribution in [-0.4, -0.2) is 36.1 Å². The molecule has 0 aliphatic carbocycles. The summed E-state index contributed by atoms with van der Waals surface area (Å²) in [5.41, 5.74) is 11.9. The van der Waals surface area contributed by atoms with E-state index in [0.29, 0.717) is 4.88 Å². The standard InChI is InChI=1S/C14H23N5OS/c1-3-5-9(2)17-13(20)11-12(16)18-14(21-11)19-7-4-6-10(15)8-19/h3,9-10H,1,4-8,15-16H2,2H3,(H,17,20). The fourth-order valence-electron chi connectivity index (χ4n) is 2.40. The van der Waals surface area contributed by atoms with Crippen LogP contribution in [0, 0.1) is 0 Å². The molecule has 2 rings (SSSR count). The predicted octanol–water partition coefficient (Wildman–Crippen LogP) is 1.35. The van der Waals surface area contributed by atoms with E-state index in [1.807, 2.05) is 6.92 Å². The van der Waals surface area contributed by atoms with E-state index in [4.69, 9.17) is 11.5 Å². The van der Waals surface area contributed by atoms with E-state index in [1.54, 1.807) is 6.08 Å². The van der Waals surface area contributed by atoms with Gasteiger partial charge in [0.15, 0.2) is 5.13 Å². The van der Waals surface area contributed by atoms with Crippen LogP contribution in [0.5, 0.6) is 0 Å². The highest BCUT2D eigenvalue weighted by Gasteiger charge is 2.23. The number of nitrogens with two attached hydrogens (primary N) is 2. The molecule has 1 aromatic rings. The Morgan fingerprint density at radius 2 is 2.48 bits per heavy atom. The maximum atomic E-state index is 12.2. The Balaban J connectivity index is 2.07. The van der Waals surface area contributed by atoms with Crippen molar-refractivity contribution in [2.24, 2.45) is 5.73 Å². The summed E-state index contributed by atoms with van der Waals surface area (Å²) in [7, 11) is 0. The Morgan fingerprint density at radius 3 is 3.14 bits per heavy atom. The van der Waals surface area contributed by atoms with E-state index in [2.05, 4.69) is 21.8 Å². The number of aromatic nitrogens is 1. The second-order valence-corrected chi connectivity index (χ2v) is 6.44. The number of piperidine rings is 1. The van der Waals surface area contributed by atoms with E-state index in [1.165, 1.54) is 11.3 Å². The molecule has 7 heteroatoms. The normalized spacial score (nSPS) is 20.1. The number of anilines is 2. The van der Waals surface area contributed by atoms with Gasteiger partial charge in [0.1, 0.15) is 10.7 Å². The number of nitrogens with one attached hydrogen (secondary N) is 1. The average Bonchev–Trinajstić information content (AvgIpc) is 2.81. The first-order valence-electron chi connectivity index (χ1n) is 7.19. The third kappa shape index (κ3) is 3.95. The Bertz CT molecular complexity index is 515. The molecule has 1 fully saturated rings. The number of nitrogen functional groups attached to an aromatic ring is 1. The van der Waals surface area contributed by atoms with E-state index in [0.717, 1.165) is 37.5 Å². The largest absolute Gasteiger partial charge is 0.382 e. The molecule has 116 valence electrons. The Morgan fingerprint density at radius 1 is 1.71 bits per heavy atom. The zero-order chi connectivity index (χ0) is 15.4. The molecule has 0 aromatic carbocycles. The van der Waals surface area contributed by atoms with Gasteiger partial charge >= 0.3 is 0 Å². The van der Waals surface area contributed by atoms with Gasteiger partial charge in [-0.15, -0.1) is 6.58 Å². The second-order valence-electron chi connectivity index (χ2n) is 5.46. The topological polar surface area (TPSA) is 97.3 Å². The van der Waals surface area contributed by atoms with Gasteiger partial charge in [-0.2, -0.15) is 0 Å². The minimum atomic E-state index is -0.174. The van der Waals surface area contributed by atoms with Gasteiger partial charge in [-0.05, 0) is 26.2 Å². The second kappa shape index (κ2) is 6.91. The number of hydrogen-bond acceptors (Lipinski definition) is 6. The number of amides is 1. The van der Waals surface area contributed by atoms with Gasteiger partial charge in [0.2, 0.25) is 0 Å². The summed E-state index contributed by atoms with van der Waals surface area (Å²) >= 11 is 1.33. The highest BCUT2D eigenvalue weighted by molar-refractivity contribution is 7.18. The van der Waals surface area contributed by atoms with Crippen LogP contribution in [0.25, 0.3) is 0 Å². The van der Waals surface area contributed by atoms with Gasteiger partial charge in [-0.25, -0.2) is 4.98 Å². The fourth-order valence-corrected chi connectivity index (χ4v) is 3.32. The predicted molar refractivity (Wildman–Crippen MR) is 87.7 cm³/mol. The lowest BCUT2D eigenvalue weighted by molar-refractivity contribution is 0.0945. The van der Waals surface area contributed by atoms with Crippen molar-refractivity contribution >= 4 is 28.2 Å². The van der Waals surface area contributed by atoms with Crippen molar-refractivity contribution in [1.82, 2.24) is 10.3 Å². The van der Waals surface area contributed by atoms with E-state index in [9.17, 15) is 4.79 Å². The monoisotopic (exact) mass is 309 g/mol. The van der Waals surface area contributed by atoms with E-state index < -0.39 is 0 Å². The van der Waals surface area contributed by atoms with Crippen LogP contribution < -0.4 is 21.7 Å². The molecule has 2 atom stereocenters. The van der Waals surface area contributed by atoms with Gasteiger partial charge in [-0.1, -0.05) is 17.4 Å². The molecule has 6 nitrogen and oxygen atoms in total. The third-order valence-corrected chi connectivity index (χ3v) is 4.61. The molecule has 2 unspecified atom stereocenters. The average molecular weight is 309 g/mol. The van der Waals surface area contributed by atoms with Crippen molar-refractivity contribution in [2.45, 2.75) is 38.3 Å². The lowest BCUT2D eigenvalue weighted by atomic mass is 10.1.